The van der Waals surface area contributed by atoms with Crippen LogP contribution in [0.5, 0.6) is 11.5 Å². The zero-order valence-corrected chi connectivity index (χ0v) is 17.7. The van der Waals surface area contributed by atoms with E-state index in [1.54, 1.807) is 0 Å². The quantitative estimate of drug-likeness (QED) is 0.759. The fourth-order valence-corrected chi connectivity index (χ4v) is 4.86. The maximum atomic E-state index is 11.8. The molecule has 0 unspecified atom stereocenters. The molecule has 1 N–H and O–H groups in total. The van der Waals surface area contributed by atoms with Gasteiger partial charge in [-0.3, -0.25) is 9.69 Å². The predicted octanol–water partition coefficient (Wildman–Crippen LogP) is 3.40. The molecule has 0 atom stereocenters. The summed E-state index contributed by atoms with van der Waals surface area (Å²) in [6.45, 7) is 7.87. The predicted molar refractivity (Wildman–Crippen MR) is 115 cm³/mol. The highest BCUT2D eigenvalue weighted by molar-refractivity contribution is 5.76. The number of amides is 1. The fraction of sp³-hybridized carbons (Fsp3) is 0.696. The van der Waals surface area contributed by atoms with Gasteiger partial charge in [0.2, 0.25) is 12.7 Å². The van der Waals surface area contributed by atoms with Gasteiger partial charge >= 0.3 is 0 Å². The van der Waals surface area contributed by atoms with E-state index in [0.29, 0.717) is 19.3 Å². The summed E-state index contributed by atoms with van der Waals surface area (Å²) >= 11 is 0. The molecule has 1 aliphatic carbocycles. The average molecular weight is 402 g/mol. The number of hydrogen-bond donors (Lipinski definition) is 1. The van der Waals surface area contributed by atoms with E-state index in [-0.39, 0.29) is 5.91 Å². The molecule has 0 aromatic heterocycles. The minimum absolute atomic E-state index is 0.231. The van der Waals surface area contributed by atoms with Crippen LogP contribution in [0.25, 0.3) is 0 Å². The SMILES string of the molecule is CCCC(=O)N[C@H]1CC[C@H](CCN2CCN(c3cccc4c3OCO4)CC2)CC1. The molecule has 1 aromatic rings. The van der Waals surface area contributed by atoms with Crippen molar-refractivity contribution in [1.29, 1.82) is 0 Å². The van der Waals surface area contributed by atoms with E-state index in [1.165, 1.54) is 31.5 Å². The van der Waals surface area contributed by atoms with E-state index in [4.69, 9.17) is 9.47 Å². The summed E-state index contributed by atoms with van der Waals surface area (Å²) in [6.07, 6.45) is 7.69. The topological polar surface area (TPSA) is 54.0 Å². The van der Waals surface area contributed by atoms with Crippen LogP contribution in [0.15, 0.2) is 18.2 Å². The van der Waals surface area contributed by atoms with Gasteiger partial charge < -0.3 is 19.7 Å². The number of carbonyl (C=O) groups excluding carboxylic acids is 1. The Hall–Kier alpha value is -1.95. The number of benzene rings is 1. The van der Waals surface area contributed by atoms with Crippen molar-refractivity contribution < 1.29 is 14.3 Å². The molecule has 160 valence electrons. The molecule has 29 heavy (non-hydrogen) atoms. The van der Waals surface area contributed by atoms with Crippen LogP contribution in [0.3, 0.4) is 0 Å². The number of hydrogen-bond acceptors (Lipinski definition) is 5. The summed E-state index contributed by atoms with van der Waals surface area (Å²) in [7, 11) is 0. The molecule has 2 fully saturated rings. The van der Waals surface area contributed by atoms with Crippen molar-refractivity contribution >= 4 is 11.6 Å². The summed E-state index contributed by atoms with van der Waals surface area (Å²) < 4.78 is 11.2. The first-order valence-electron chi connectivity index (χ1n) is 11.4. The van der Waals surface area contributed by atoms with Crippen molar-refractivity contribution in [2.24, 2.45) is 5.92 Å². The summed E-state index contributed by atoms with van der Waals surface area (Å²) in [6, 6.07) is 6.58. The highest BCUT2D eigenvalue weighted by Gasteiger charge is 2.26. The number of anilines is 1. The van der Waals surface area contributed by atoms with Crippen LogP contribution in [0, 0.1) is 5.92 Å². The van der Waals surface area contributed by atoms with Crippen LogP contribution >= 0.6 is 0 Å². The highest BCUT2D eigenvalue weighted by Crippen LogP contribution is 2.41. The zero-order valence-electron chi connectivity index (χ0n) is 17.7. The second-order valence-corrected chi connectivity index (χ2v) is 8.66. The van der Waals surface area contributed by atoms with Crippen molar-refractivity contribution in [1.82, 2.24) is 10.2 Å². The van der Waals surface area contributed by atoms with E-state index in [1.807, 2.05) is 6.07 Å². The number of para-hydroxylation sites is 1. The lowest BCUT2D eigenvalue weighted by molar-refractivity contribution is -0.122. The minimum atomic E-state index is 0.231. The van der Waals surface area contributed by atoms with Crippen molar-refractivity contribution in [3.8, 4) is 11.5 Å². The normalized spacial score (nSPS) is 24.5. The third-order valence-corrected chi connectivity index (χ3v) is 6.63. The lowest BCUT2D eigenvalue weighted by Gasteiger charge is -2.37. The average Bonchev–Trinajstić information content (AvgIpc) is 3.23. The van der Waals surface area contributed by atoms with Gasteiger partial charge in [0.25, 0.3) is 0 Å². The molecule has 1 aromatic carbocycles. The van der Waals surface area contributed by atoms with Gasteiger partial charge in [0.05, 0.1) is 5.69 Å². The molecule has 3 aliphatic rings. The van der Waals surface area contributed by atoms with E-state index in [2.05, 4.69) is 34.2 Å². The molecular weight excluding hydrogens is 366 g/mol. The van der Waals surface area contributed by atoms with Crippen molar-refractivity contribution in [2.75, 3.05) is 44.4 Å². The summed E-state index contributed by atoms with van der Waals surface area (Å²) in [5.41, 5.74) is 1.17. The molecule has 2 aliphatic heterocycles. The molecule has 2 heterocycles. The van der Waals surface area contributed by atoms with E-state index >= 15 is 0 Å². The first-order chi connectivity index (χ1) is 14.2. The standard InChI is InChI=1S/C23H35N3O3/c1-2-4-22(27)24-19-9-7-18(8-10-19)11-12-25-13-15-26(16-14-25)20-5-3-6-21-23(20)29-17-28-21/h3,5-6,18-19H,2,4,7-17H2,1H3,(H,24,27)/t18-,19-. The Kier molecular flexibility index (Phi) is 6.80. The van der Waals surface area contributed by atoms with Gasteiger partial charge in [0.1, 0.15) is 0 Å². The number of nitrogens with one attached hydrogen (secondary N) is 1. The molecule has 1 saturated carbocycles. The van der Waals surface area contributed by atoms with Crippen molar-refractivity contribution in [3.63, 3.8) is 0 Å². The van der Waals surface area contributed by atoms with Crippen LogP contribution in [0.2, 0.25) is 0 Å². The van der Waals surface area contributed by atoms with Crippen molar-refractivity contribution in [2.45, 2.75) is 57.9 Å². The van der Waals surface area contributed by atoms with Crippen LogP contribution in [0.1, 0.15) is 51.9 Å². The second kappa shape index (κ2) is 9.70. The highest BCUT2D eigenvalue weighted by atomic mass is 16.7. The summed E-state index contributed by atoms with van der Waals surface area (Å²) in [5.74, 6) is 2.82. The maximum absolute atomic E-state index is 11.8. The zero-order chi connectivity index (χ0) is 20.1. The summed E-state index contributed by atoms with van der Waals surface area (Å²) in [5, 5.41) is 3.21. The molecule has 0 bridgehead atoms. The molecule has 6 heteroatoms. The fourth-order valence-electron chi connectivity index (χ4n) is 4.86. The Morgan fingerprint density at radius 3 is 2.66 bits per heavy atom. The Bertz CT molecular complexity index is 680. The third kappa shape index (κ3) is 5.16. The van der Waals surface area contributed by atoms with E-state index < -0.39 is 0 Å². The molecule has 1 amide bonds. The molecule has 0 spiro atoms. The van der Waals surface area contributed by atoms with Gasteiger partial charge in [-0.15, -0.1) is 0 Å². The smallest absolute Gasteiger partial charge is 0.231 e. The Morgan fingerprint density at radius 1 is 1.10 bits per heavy atom. The van der Waals surface area contributed by atoms with Gasteiger partial charge in [-0.25, -0.2) is 0 Å². The molecule has 1 saturated heterocycles. The largest absolute Gasteiger partial charge is 0.454 e. The van der Waals surface area contributed by atoms with Gasteiger partial charge in [0, 0.05) is 38.6 Å². The molecule has 4 rings (SSSR count). The first kappa shape index (κ1) is 20.3. The van der Waals surface area contributed by atoms with Gasteiger partial charge in [-0.2, -0.15) is 0 Å². The lowest BCUT2D eigenvalue weighted by atomic mass is 9.84. The third-order valence-electron chi connectivity index (χ3n) is 6.63. The van der Waals surface area contributed by atoms with Crippen LogP contribution in [-0.4, -0.2) is 56.4 Å². The number of fused-ring (bicyclic) bond motifs is 1. The summed E-state index contributed by atoms with van der Waals surface area (Å²) in [4.78, 5) is 16.8. The van der Waals surface area contributed by atoms with Gasteiger partial charge in [-0.05, 0) is 63.1 Å². The van der Waals surface area contributed by atoms with Crippen LogP contribution in [0.4, 0.5) is 5.69 Å². The number of rotatable bonds is 7. The molecular formula is C23H35N3O3. The van der Waals surface area contributed by atoms with E-state index in [0.717, 1.165) is 62.9 Å². The number of ether oxygens (including phenoxy) is 2. The lowest BCUT2D eigenvalue weighted by Crippen LogP contribution is -2.47. The Morgan fingerprint density at radius 2 is 1.90 bits per heavy atom. The number of piperazine rings is 1. The number of nitrogens with zero attached hydrogens (tertiary/aromatic N) is 2. The second-order valence-electron chi connectivity index (χ2n) is 8.66. The van der Waals surface area contributed by atoms with Crippen LogP contribution in [-0.2, 0) is 4.79 Å². The van der Waals surface area contributed by atoms with Gasteiger partial charge in [0.15, 0.2) is 11.5 Å². The minimum Gasteiger partial charge on any atom is -0.454 e. The van der Waals surface area contributed by atoms with Crippen molar-refractivity contribution in [3.05, 3.63) is 18.2 Å². The molecule has 6 nitrogen and oxygen atoms in total. The first-order valence-corrected chi connectivity index (χ1v) is 11.4. The monoisotopic (exact) mass is 401 g/mol. The van der Waals surface area contributed by atoms with Gasteiger partial charge in [-0.1, -0.05) is 13.0 Å². The Balaban J connectivity index is 1.16. The Labute approximate surface area is 174 Å². The maximum Gasteiger partial charge on any atom is 0.231 e. The van der Waals surface area contributed by atoms with E-state index in [9.17, 15) is 4.79 Å². The van der Waals surface area contributed by atoms with Crippen LogP contribution < -0.4 is 19.7 Å². The molecule has 0 radical (unpaired) electrons. The number of carbonyl (C=O) groups is 1.